The first-order chi connectivity index (χ1) is 5.38. The Morgan fingerprint density at radius 2 is 2.18 bits per heavy atom. The highest BCUT2D eigenvalue weighted by Crippen LogP contribution is 2.21. The predicted molar refractivity (Wildman–Crippen MR) is 46.2 cm³/mol. The molecule has 11 heavy (non-hydrogen) atoms. The van der Waals surface area contributed by atoms with Gasteiger partial charge in [0, 0.05) is 13.1 Å². The van der Waals surface area contributed by atoms with Crippen molar-refractivity contribution in [2.45, 2.75) is 12.5 Å². The van der Waals surface area contributed by atoms with Crippen molar-refractivity contribution in [3.05, 3.63) is 42.3 Å². The molecule has 1 heterocycles. The highest BCUT2D eigenvalue weighted by atomic mass is 14.9. The summed E-state index contributed by atoms with van der Waals surface area (Å²) in [5.41, 5.74) is 2.81. The fraction of sp³-hybridized carbons (Fsp3) is 0.300. The van der Waals surface area contributed by atoms with Gasteiger partial charge in [-0.15, -0.1) is 0 Å². The molecule has 1 aliphatic rings. The van der Waals surface area contributed by atoms with Gasteiger partial charge >= 0.3 is 0 Å². The Labute approximate surface area is 67.4 Å². The number of nitrogens with one attached hydrogen (secondary N) is 1. The molecule has 57 valence electrons. The molecular weight excluding hydrogens is 134 g/mol. The van der Waals surface area contributed by atoms with Crippen molar-refractivity contribution >= 4 is 0 Å². The normalized spacial score (nSPS) is 22.8. The maximum atomic E-state index is 4.08. The molecule has 0 aromatic heterocycles. The van der Waals surface area contributed by atoms with Crippen LogP contribution in [0.1, 0.15) is 17.0 Å². The van der Waals surface area contributed by atoms with Crippen LogP contribution in [-0.4, -0.2) is 6.54 Å². The van der Waals surface area contributed by atoms with Crippen molar-refractivity contribution in [1.29, 1.82) is 0 Å². The molecular formula is C10H12N. The molecule has 0 saturated heterocycles. The predicted octanol–water partition coefficient (Wildman–Crippen LogP) is 1.71. The Hall–Kier alpha value is -0.820. The second-order valence-corrected chi connectivity index (χ2v) is 3.03. The summed E-state index contributed by atoms with van der Waals surface area (Å²) in [6, 6.07) is 8.51. The molecule has 1 heteroatoms. The topological polar surface area (TPSA) is 12.0 Å². The molecule has 1 nitrogen and oxygen atoms in total. The maximum absolute atomic E-state index is 4.08. The van der Waals surface area contributed by atoms with E-state index in [4.69, 9.17) is 0 Å². The van der Waals surface area contributed by atoms with E-state index in [1.54, 1.807) is 0 Å². The first-order valence-corrected chi connectivity index (χ1v) is 3.99. The van der Waals surface area contributed by atoms with Crippen molar-refractivity contribution < 1.29 is 0 Å². The minimum Gasteiger partial charge on any atom is -0.312 e. The van der Waals surface area contributed by atoms with Gasteiger partial charge in [-0.2, -0.15) is 0 Å². The van der Waals surface area contributed by atoms with Crippen LogP contribution in [0, 0.1) is 6.92 Å². The molecule has 0 saturated carbocycles. The summed E-state index contributed by atoms with van der Waals surface area (Å²) in [5.74, 6) is 0.431. The third-order valence-electron chi connectivity index (χ3n) is 2.20. The number of hydrogen-bond donors (Lipinski definition) is 1. The minimum atomic E-state index is 0.431. The van der Waals surface area contributed by atoms with E-state index in [2.05, 4.69) is 36.5 Å². The van der Waals surface area contributed by atoms with Crippen molar-refractivity contribution in [3.8, 4) is 0 Å². The van der Waals surface area contributed by atoms with Crippen LogP contribution in [0.25, 0.3) is 0 Å². The zero-order chi connectivity index (χ0) is 7.68. The molecule has 0 aliphatic carbocycles. The monoisotopic (exact) mass is 146 g/mol. The van der Waals surface area contributed by atoms with Gasteiger partial charge in [0.15, 0.2) is 0 Å². The van der Waals surface area contributed by atoms with Gasteiger partial charge in [-0.05, 0) is 24.0 Å². The second kappa shape index (κ2) is 2.67. The van der Waals surface area contributed by atoms with Gasteiger partial charge in [0.2, 0.25) is 0 Å². The van der Waals surface area contributed by atoms with Crippen LogP contribution in [0.3, 0.4) is 0 Å². The largest absolute Gasteiger partial charge is 0.312 e. The van der Waals surface area contributed by atoms with Crippen LogP contribution in [-0.2, 0) is 6.54 Å². The van der Waals surface area contributed by atoms with Crippen LogP contribution in [0.2, 0.25) is 0 Å². The molecule has 1 radical (unpaired) electrons. The van der Waals surface area contributed by atoms with Crippen molar-refractivity contribution in [2.24, 2.45) is 0 Å². The molecule has 1 aliphatic heterocycles. The van der Waals surface area contributed by atoms with E-state index < -0.39 is 0 Å². The average molecular weight is 146 g/mol. The summed E-state index contributed by atoms with van der Waals surface area (Å²) < 4.78 is 0. The first kappa shape index (κ1) is 6.86. The van der Waals surface area contributed by atoms with Crippen molar-refractivity contribution in [2.75, 3.05) is 6.54 Å². The summed E-state index contributed by atoms with van der Waals surface area (Å²) in [6.07, 6.45) is 0. The summed E-state index contributed by atoms with van der Waals surface area (Å²) >= 11 is 0. The maximum Gasteiger partial charge on any atom is 0.0208 e. The van der Waals surface area contributed by atoms with Crippen molar-refractivity contribution in [1.82, 2.24) is 5.32 Å². The molecule has 2 rings (SSSR count). The van der Waals surface area contributed by atoms with Gasteiger partial charge in [0.05, 0.1) is 0 Å². The van der Waals surface area contributed by atoms with E-state index >= 15 is 0 Å². The second-order valence-electron chi connectivity index (χ2n) is 3.03. The standard InChI is InChI=1S/C10H12N/c1-8-6-11-7-9-4-2-3-5-10(8)9/h2-5,8,11H,1,6-7H2. The zero-order valence-electron chi connectivity index (χ0n) is 6.51. The van der Waals surface area contributed by atoms with E-state index in [-0.39, 0.29) is 0 Å². The Bertz CT molecular complexity index is 255. The number of benzene rings is 1. The third kappa shape index (κ3) is 1.16. The van der Waals surface area contributed by atoms with E-state index in [0.29, 0.717) is 5.92 Å². The number of fused-ring (bicyclic) bond motifs is 1. The lowest BCUT2D eigenvalue weighted by molar-refractivity contribution is 0.599. The van der Waals surface area contributed by atoms with E-state index in [0.717, 1.165) is 13.1 Å². The smallest absolute Gasteiger partial charge is 0.0208 e. The summed E-state index contributed by atoms with van der Waals surface area (Å²) in [4.78, 5) is 0. The molecule has 1 unspecified atom stereocenters. The van der Waals surface area contributed by atoms with Crippen LogP contribution >= 0.6 is 0 Å². The SMILES string of the molecule is [CH2]C1CNCc2ccccc21. The minimum absolute atomic E-state index is 0.431. The third-order valence-corrected chi connectivity index (χ3v) is 2.20. The Balaban J connectivity index is 2.44. The molecule has 0 fully saturated rings. The van der Waals surface area contributed by atoms with Gasteiger partial charge < -0.3 is 5.32 Å². The summed E-state index contributed by atoms with van der Waals surface area (Å²) in [5, 5.41) is 3.33. The van der Waals surface area contributed by atoms with Crippen molar-refractivity contribution in [3.63, 3.8) is 0 Å². The Morgan fingerprint density at radius 3 is 3.00 bits per heavy atom. The van der Waals surface area contributed by atoms with Gasteiger partial charge in [-0.25, -0.2) is 0 Å². The molecule has 1 atom stereocenters. The average Bonchev–Trinajstić information content (AvgIpc) is 2.06. The van der Waals surface area contributed by atoms with Crippen LogP contribution in [0.5, 0.6) is 0 Å². The van der Waals surface area contributed by atoms with Crippen LogP contribution in [0.4, 0.5) is 0 Å². The zero-order valence-corrected chi connectivity index (χ0v) is 6.51. The number of hydrogen-bond acceptors (Lipinski definition) is 1. The van der Waals surface area contributed by atoms with Gasteiger partial charge in [0.1, 0.15) is 0 Å². The highest BCUT2D eigenvalue weighted by molar-refractivity contribution is 5.33. The fourth-order valence-corrected chi connectivity index (χ4v) is 1.58. The first-order valence-electron chi connectivity index (χ1n) is 3.99. The van der Waals surface area contributed by atoms with Crippen LogP contribution in [0.15, 0.2) is 24.3 Å². The van der Waals surface area contributed by atoms with E-state index in [1.165, 1.54) is 11.1 Å². The molecule has 0 amide bonds. The molecule has 0 bridgehead atoms. The Kier molecular flexibility index (Phi) is 1.66. The lowest BCUT2D eigenvalue weighted by Crippen LogP contribution is -2.26. The van der Waals surface area contributed by atoms with E-state index in [9.17, 15) is 0 Å². The molecule has 1 aromatic carbocycles. The lowest BCUT2D eigenvalue weighted by atomic mass is 9.93. The molecule has 1 aromatic rings. The van der Waals surface area contributed by atoms with Gasteiger partial charge in [-0.1, -0.05) is 24.3 Å². The van der Waals surface area contributed by atoms with Gasteiger partial charge in [-0.3, -0.25) is 0 Å². The molecule has 1 N–H and O–H groups in total. The molecule has 0 spiro atoms. The quantitative estimate of drug-likeness (QED) is 0.587. The van der Waals surface area contributed by atoms with E-state index in [1.807, 2.05) is 0 Å². The van der Waals surface area contributed by atoms with Crippen LogP contribution < -0.4 is 5.32 Å². The Morgan fingerprint density at radius 1 is 1.36 bits per heavy atom. The highest BCUT2D eigenvalue weighted by Gasteiger charge is 2.13. The number of rotatable bonds is 0. The summed E-state index contributed by atoms with van der Waals surface area (Å²) in [6.45, 7) is 6.09. The lowest BCUT2D eigenvalue weighted by Gasteiger charge is -2.22. The fourth-order valence-electron chi connectivity index (χ4n) is 1.58. The van der Waals surface area contributed by atoms with Gasteiger partial charge in [0.25, 0.3) is 0 Å². The summed E-state index contributed by atoms with van der Waals surface area (Å²) in [7, 11) is 0.